The van der Waals surface area contributed by atoms with E-state index in [2.05, 4.69) is 18.0 Å². The van der Waals surface area contributed by atoms with E-state index in [1.54, 1.807) is 11.8 Å². The third-order valence-electron chi connectivity index (χ3n) is 2.43. The van der Waals surface area contributed by atoms with Crippen molar-refractivity contribution in [1.82, 2.24) is 4.90 Å². The standard InChI is InChI=1S/C13H17NO2S.CH3NOS/c1-10(15)12(9-16-13(17)14(2)3)11-7-5-4-6-8-11;2-1(3)4/h4-8,12H,9H2,1-3H3;(H3,2,3,4). The van der Waals surface area contributed by atoms with Crippen molar-refractivity contribution in [2.45, 2.75) is 12.8 Å². The van der Waals surface area contributed by atoms with Gasteiger partial charge in [0.1, 0.15) is 12.4 Å². The maximum atomic E-state index is 11.6. The quantitative estimate of drug-likeness (QED) is 0.819. The summed E-state index contributed by atoms with van der Waals surface area (Å²) in [5, 5.41) is 7.46. The summed E-state index contributed by atoms with van der Waals surface area (Å²) >= 11 is 8.90. The largest absolute Gasteiger partial charge is 0.487 e. The van der Waals surface area contributed by atoms with Crippen LogP contribution in [-0.2, 0) is 9.53 Å². The van der Waals surface area contributed by atoms with Crippen LogP contribution in [0.5, 0.6) is 0 Å². The van der Waals surface area contributed by atoms with Gasteiger partial charge in [0.2, 0.25) is 0 Å². The first-order chi connectivity index (χ1) is 9.75. The lowest BCUT2D eigenvalue weighted by atomic mass is 9.96. The number of carbonyl (C=O) groups excluding carboxylic acids is 1. The summed E-state index contributed by atoms with van der Waals surface area (Å²) in [6.45, 7) is 1.86. The number of ketones is 1. The van der Waals surface area contributed by atoms with Crippen molar-refractivity contribution < 1.29 is 14.6 Å². The molecule has 21 heavy (non-hydrogen) atoms. The number of nitrogens with two attached hydrogens (primary N) is 1. The first-order valence-electron chi connectivity index (χ1n) is 6.13. The number of ether oxygens (including phenoxy) is 1. The number of benzene rings is 1. The average molecular weight is 328 g/mol. The minimum atomic E-state index is -0.500. The number of Topliss-reactive ketones (excluding diaryl/α,β-unsaturated/α-hetero) is 1. The molecular formula is C14H20N2O3S2. The highest BCUT2D eigenvalue weighted by atomic mass is 32.1. The number of nitrogens with zero attached hydrogens (tertiary/aromatic N) is 1. The van der Waals surface area contributed by atoms with Crippen molar-refractivity contribution in [3.8, 4) is 0 Å². The normalized spacial score (nSPS) is 10.6. The zero-order chi connectivity index (χ0) is 16.4. The lowest BCUT2D eigenvalue weighted by molar-refractivity contribution is -0.119. The van der Waals surface area contributed by atoms with Gasteiger partial charge in [-0.3, -0.25) is 4.79 Å². The molecule has 0 spiro atoms. The van der Waals surface area contributed by atoms with Crippen LogP contribution in [0.15, 0.2) is 30.3 Å². The van der Waals surface area contributed by atoms with Gasteiger partial charge < -0.3 is 20.5 Å². The van der Waals surface area contributed by atoms with Gasteiger partial charge >= 0.3 is 0 Å². The topological polar surface area (TPSA) is 75.8 Å². The molecule has 0 radical (unpaired) electrons. The summed E-state index contributed by atoms with van der Waals surface area (Å²) in [6.07, 6.45) is 0. The highest BCUT2D eigenvalue weighted by Crippen LogP contribution is 2.17. The smallest absolute Gasteiger partial charge is 0.258 e. The van der Waals surface area contributed by atoms with Crippen LogP contribution in [0.25, 0.3) is 0 Å². The summed E-state index contributed by atoms with van der Waals surface area (Å²) in [6, 6.07) is 9.60. The fraction of sp³-hybridized carbons (Fsp3) is 0.357. The summed E-state index contributed by atoms with van der Waals surface area (Å²) in [5.74, 6) is -0.174. The summed E-state index contributed by atoms with van der Waals surface area (Å²) in [4.78, 5) is 13.3. The molecule has 7 heteroatoms. The molecule has 0 aliphatic rings. The lowest BCUT2D eigenvalue weighted by Crippen LogP contribution is -2.26. The Hall–Kier alpha value is -1.73. The van der Waals surface area contributed by atoms with Gasteiger partial charge in [-0.25, -0.2) is 0 Å². The van der Waals surface area contributed by atoms with Gasteiger partial charge in [-0.1, -0.05) is 30.3 Å². The highest BCUT2D eigenvalue weighted by Gasteiger charge is 2.18. The molecule has 1 atom stereocenters. The second kappa shape index (κ2) is 10.1. The fourth-order valence-corrected chi connectivity index (χ4v) is 1.49. The van der Waals surface area contributed by atoms with Gasteiger partial charge in [0, 0.05) is 14.1 Å². The number of aliphatic hydroxyl groups is 1. The van der Waals surface area contributed by atoms with Crippen LogP contribution in [-0.4, -0.2) is 46.8 Å². The predicted molar refractivity (Wildman–Crippen MR) is 91.5 cm³/mol. The van der Waals surface area contributed by atoms with Crippen LogP contribution in [0.3, 0.4) is 0 Å². The van der Waals surface area contributed by atoms with Gasteiger partial charge in [-0.2, -0.15) is 0 Å². The van der Waals surface area contributed by atoms with Crippen LogP contribution in [0.1, 0.15) is 18.4 Å². The van der Waals surface area contributed by atoms with Crippen molar-refractivity contribution in [1.29, 1.82) is 0 Å². The molecule has 0 aliphatic carbocycles. The van der Waals surface area contributed by atoms with Crippen molar-refractivity contribution in [3.63, 3.8) is 0 Å². The van der Waals surface area contributed by atoms with Crippen LogP contribution in [0, 0.1) is 0 Å². The number of thiocarbonyl (C=S) groups is 2. The molecule has 0 amide bonds. The van der Waals surface area contributed by atoms with Gasteiger partial charge in [-0.15, -0.1) is 0 Å². The van der Waals surface area contributed by atoms with Gasteiger partial charge in [0.15, 0.2) is 0 Å². The summed E-state index contributed by atoms with van der Waals surface area (Å²) in [7, 11) is 3.63. The molecular weight excluding hydrogens is 308 g/mol. The van der Waals surface area contributed by atoms with E-state index in [1.165, 1.54) is 0 Å². The Kier molecular flexibility index (Phi) is 9.23. The van der Waals surface area contributed by atoms with Crippen LogP contribution in [0.2, 0.25) is 0 Å². The van der Waals surface area contributed by atoms with Crippen LogP contribution in [0.4, 0.5) is 0 Å². The number of aliphatic hydroxyl groups excluding tert-OH is 1. The lowest BCUT2D eigenvalue weighted by Gasteiger charge is -2.19. The average Bonchev–Trinajstić information content (AvgIpc) is 2.38. The molecule has 5 nitrogen and oxygen atoms in total. The molecule has 1 rings (SSSR count). The molecule has 3 N–H and O–H groups in total. The van der Waals surface area contributed by atoms with E-state index in [4.69, 9.17) is 22.1 Å². The van der Waals surface area contributed by atoms with Crippen molar-refractivity contribution in [2.75, 3.05) is 20.7 Å². The number of rotatable bonds is 4. The molecule has 0 bridgehead atoms. The maximum absolute atomic E-state index is 11.6. The summed E-state index contributed by atoms with van der Waals surface area (Å²) < 4.78 is 5.42. The Morgan fingerprint density at radius 3 is 2.19 bits per heavy atom. The van der Waals surface area contributed by atoms with E-state index in [0.29, 0.717) is 5.17 Å². The first-order valence-corrected chi connectivity index (χ1v) is 6.95. The molecule has 0 saturated carbocycles. The monoisotopic (exact) mass is 328 g/mol. The van der Waals surface area contributed by atoms with E-state index >= 15 is 0 Å². The molecule has 1 aromatic carbocycles. The Morgan fingerprint density at radius 2 is 1.81 bits per heavy atom. The van der Waals surface area contributed by atoms with E-state index in [-0.39, 0.29) is 18.3 Å². The molecule has 0 saturated heterocycles. The molecule has 1 unspecified atom stereocenters. The Labute approximate surface area is 135 Å². The van der Waals surface area contributed by atoms with Gasteiger partial charge in [-0.05, 0) is 36.9 Å². The minimum Gasteiger partial charge on any atom is -0.487 e. The number of hydrogen-bond acceptors (Lipinski definition) is 4. The van der Waals surface area contributed by atoms with Crippen LogP contribution < -0.4 is 5.73 Å². The Morgan fingerprint density at radius 1 is 1.33 bits per heavy atom. The van der Waals surface area contributed by atoms with Crippen molar-refractivity contribution in [2.24, 2.45) is 5.73 Å². The van der Waals surface area contributed by atoms with Crippen molar-refractivity contribution in [3.05, 3.63) is 35.9 Å². The molecule has 0 aliphatic heterocycles. The van der Waals surface area contributed by atoms with E-state index < -0.39 is 5.17 Å². The highest BCUT2D eigenvalue weighted by molar-refractivity contribution is 7.80. The fourth-order valence-electron chi connectivity index (χ4n) is 1.42. The number of carbonyl (C=O) groups is 1. The zero-order valence-electron chi connectivity index (χ0n) is 12.3. The third-order valence-corrected chi connectivity index (χ3v) is 2.91. The molecule has 0 fully saturated rings. The SMILES string of the molecule is CC(=O)C(COC(=S)N(C)C)c1ccccc1.NC(O)=S. The second-order valence-corrected chi connectivity index (χ2v) is 5.15. The Bertz CT molecular complexity index is 474. The Balaban J connectivity index is 0.000000885. The molecule has 1 aromatic rings. The van der Waals surface area contributed by atoms with Gasteiger partial charge in [0.25, 0.3) is 10.3 Å². The van der Waals surface area contributed by atoms with Crippen molar-refractivity contribution >= 4 is 40.6 Å². The first kappa shape index (κ1) is 19.3. The van der Waals surface area contributed by atoms with E-state index in [0.717, 1.165) is 5.56 Å². The zero-order valence-corrected chi connectivity index (χ0v) is 13.9. The number of hydrogen-bond donors (Lipinski definition) is 2. The van der Waals surface area contributed by atoms with Crippen LogP contribution >= 0.6 is 24.4 Å². The molecule has 116 valence electrons. The second-order valence-electron chi connectivity index (χ2n) is 4.38. The molecule has 0 aromatic heterocycles. The maximum Gasteiger partial charge on any atom is 0.258 e. The minimum absolute atomic E-state index is 0.0813. The predicted octanol–water partition coefficient (Wildman–Crippen LogP) is 2.01. The van der Waals surface area contributed by atoms with Gasteiger partial charge in [0.05, 0.1) is 5.92 Å². The molecule has 0 heterocycles. The van der Waals surface area contributed by atoms with E-state index in [9.17, 15) is 4.79 Å². The summed E-state index contributed by atoms with van der Waals surface area (Å²) in [5.41, 5.74) is 5.36. The van der Waals surface area contributed by atoms with E-state index in [1.807, 2.05) is 44.4 Å². The third kappa shape index (κ3) is 8.93.